The third kappa shape index (κ3) is 2.69. The number of piperidine rings is 1. The first kappa shape index (κ1) is 14.6. The maximum Gasteiger partial charge on any atom is 0.311 e. The zero-order valence-electron chi connectivity index (χ0n) is 12.1. The summed E-state index contributed by atoms with van der Waals surface area (Å²) in [5.74, 6) is 0.740. The van der Waals surface area contributed by atoms with Crippen LogP contribution in [0, 0.1) is 15.5 Å². The van der Waals surface area contributed by atoms with Crippen molar-refractivity contribution in [3.8, 4) is 0 Å². The molecule has 0 spiro atoms. The Kier molecular flexibility index (Phi) is 4.11. The topological polar surface area (TPSA) is 85.3 Å². The Balaban J connectivity index is 2.11. The van der Waals surface area contributed by atoms with E-state index in [0.717, 1.165) is 31.7 Å². The number of hydrogen-bond acceptors (Lipinski definition) is 5. The highest BCUT2D eigenvalue weighted by molar-refractivity contribution is 5.58. The summed E-state index contributed by atoms with van der Waals surface area (Å²) in [6.07, 6.45) is 4.68. The Labute approximate surface area is 119 Å². The molecule has 2 heterocycles. The normalized spacial score (nSPS) is 18.0. The summed E-state index contributed by atoms with van der Waals surface area (Å²) in [7, 11) is 0. The Morgan fingerprint density at radius 1 is 1.35 bits per heavy atom. The van der Waals surface area contributed by atoms with Gasteiger partial charge < -0.3 is 10.6 Å². The van der Waals surface area contributed by atoms with Crippen molar-refractivity contribution in [2.24, 2.45) is 5.41 Å². The van der Waals surface area contributed by atoms with Gasteiger partial charge in [0.05, 0.1) is 4.92 Å². The van der Waals surface area contributed by atoms with Gasteiger partial charge in [0.1, 0.15) is 5.82 Å². The summed E-state index contributed by atoms with van der Waals surface area (Å²) >= 11 is 0. The summed E-state index contributed by atoms with van der Waals surface area (Å²) in [5, 5.41) is 10.7. The van der Waals surface area contributed by atoms with E-state index in [1.54, 1.807) is 6.07 Å². The van der Waals surface area contributed by atoms with Gasteiger partial charge in [-0.05, 0) is 24.3 Å². The second kappa shape index (κ2) is 5.64. The van der Waals surface area contributed by atoms with Crippen molar-refractivity contribution < 1.29 is 4.92 Å². The Hall–Kier alpha value is -1.85. The van der Waals surface area contributed by atoms with Crippen molar-refractivity contribution in [2.45, 2.75) is 39.5 Å². The molecule has 0 atom stereocenters. The number of nitrogens with zero attached hydrogens (tertiary/aromatic N) is 3. The number of anilines is 2. The standard InChI is InChI=1S/C14H22N4O2/c1-3-14(4-2)7-9-17(10-8-14)12-6-5-11(18(19)20)13(15)16-12/h5-6H,3-4,7-10H2,1-2H3,(H2,15,16). The number of nitrogens with two attached hydrogens (primary N) is 1. The first-order valence-corrected chi connectivity index (χ1v) is 7.17. The van der Waals surface area contributed by atoms with Gasteiger partial charge in [-0.2, -0.15) is 0 Å². The molecule has 1 aliphatic rings. The van der Waals surface area contributed by atoms with Gasteiger partial charge in [0, 0.05) is 19.2 Å². The molecule has 1 aromatic rings. The predicted molar refractivity (Wildman–Crippen MR) is 79.8 cm³/mol. The molecule has 0 unspecified atom stereocenters. The highest BCUT2D eigenvalue weighted by Crippen LogP contribution is 2.39. The Morgan fingerprint density at radius 2 is 1.95 bits per heavy atom. The van der Waals surface area contributed by atoms with E-state index in [2.05, 4.69) is 23.7 Å². The highest BCUT2D eigenvalue weighted by atomic mass is 16.6. The number of aromatic nitrogens is 1. The van der Waals surface area contributed by atoms with E-state index >= 15 is 0 Å². The molecule has 110 valence electrons. The van der Waals surface area contributed by atoms with Crippen LogP contribution in [0.15, 0.2) is 12.1 Å². The lowest BCUT2D eigenvalue weighted by Crippen LogP contribution is -2.40. The molecule has 0 amide bonds. The molecule has 6 nitrogen and oxygen atoms in total. The first-order valence-electron chi connectivity index (χ1n) is 7.17. The number of pyridine rings is 1. The van der Waals surface area contributed by atoms with E-state index in [9.17, 15) is 10.1 Å². The van der Waals surface area contributed by atoms with Gasteiger partial charge in [0.2, 0.25) is 5.82 Å². The van der Waals surface area contributed by atoms with Crippen LogP contribution in [0.4, 0.5) is 17.3 Å². The van der Waals surface area contributed by atoms with Gasteiger partial charge in [-0.3, -0.25) is 10.1 Å². The molecule has 6 heteroatoms. The number of rotatable bonds is 4. The second-order valence-electron chi connectivity index (χ2n) is 5.53. The van der Waals surface area contributed by atoms with E-state index in [1.807, 2.05) is 0 Å². The van der Waals surface area contributed by atoms with Gasteiger partial charge in [-0.1, -0.05) is 26.7 Å². The molecule has 0 saturated carbocycles. The third-order valence-corrected chi connectivity index (χ3v) is 4.73. The zero-order chi connectivity index (χ0) is 14.8. The molecule has 0 bridgehead atoms. The summed E-state index contributed by atoms with van der Waals surface area (Å²) in [4.78, 5) is 16.6. The SMILES string of the molecule is CCC1(CC)CCN(c2ccc([N+](=O)[O-])c(N)n2)CC1. The Morgan fingerprint density at radius 3 is 2.40 bits per heavy atom. The van der Waals surface area contributed by atoms with Crippen molar-refractivity contribution in [1.82, 2.24) is 4.98 Å². The summed E-state index contributed by atoms with van der Waals surface area (Å²) in [6.45, 7) is 6.38. The molecule has 2 rings (SSSR count). The fraction of sp³-hybridized carbons (Fsp3) is 0.643. The van der Waals surface area contributed by atoms with E-state index < -0.39 is 4.92 Å². The average molecular weight is 278 g/mol. The van der Waals surface area contributed by atoms with E-state index in [1.165, 1.54) is 18.9 Å². The van der Waals surface area contributed by atoms with Crippen LogP contribution in [0.25, 0.3) is 0 Å². The number of nitrogen functional groups attached to an aromatic ring is 1. The molecule has 1 saturated heterocycles. The first-order chi connectivity index (χ1) is 9.51. The Bertz CT molecular complexity index is 490. The quantitative estimate of drug-likeness (QED) is 0.676. The van der Waals surface area contributed by atoms with Crippen LogP contribution in [0.3, 0.4) is 0 Å². The van der Waals surface area contributed by atoms with E-state index in [-0.39, 0.29) is 11.5 Å². The number of nitro groups is 1. The molecule has 0 aliphatic carbocycles. The third-order valence-electron chi connectivity index (χ3n) is 4.73. The van der Waals surface area contributed by atoms with Gasteiger partial charge in [0.15, 0.2) is 0 Å². The molecule has 1 aromatic heterocycles. The fourth-order valence-electron chi connectivity index (χ4n) is 2.95. The van der Waals surface area contributed by atoms with Crippen LogP contribution in [-0.2, 0) is 0 Å². The van der Waals surface area contributed by atoms with Gasteiger partial charge in [0.25, 0.3) is 0 Å². The summed E-state index contributed by atoms with van der Waals surface area (Å²) in [6, 6.07) is 3.14. The summed E-state index contributed by atoms with van der Waals surface area (Å²) < 4.78 is 0. The highest BCUT2D eigenvalue weighted by Gasteiger charge is 2.31. The van der Waals surface area contributed by atoms with Crippen molar-refractivity contribution >= 4 is 17.3 Å². The predicted octanol–water partition coefficient (Wildman–Crippen LogP) is 2.98. The lowest BCUT2D eigenvalue weighted by atomic mass is 9.74. The molecule has 0 aromatic carbocycles. The number of hydrogen-bond donors (Lipinski definition) is 1. The maximum atomic E-state index is 10.7. The van der Waals surface area contributed by atoms with Crippen LogP contribution in [0.5, 0.6) is 0 Å². The molecule has 0 radical (unpaired) electrons. The fourth-order valence-corrected chi connectivity index (χ4v) is 2.95. The van der Waals surface area contributed by atoms with Crippen LogP contribution in [0.1, 0.15) is 39.5 Å². The average Bonchev–Trinajstić information content (AvgIpc) is 2.47. The minimum absolute atomic E-state index is 0.00433. The van der Waals surface area contributed by atoms with Gasteiger partial charge >= 0.3 is 5.69 Å². The van der Waals surface area contributed by atoms with Crippen molar-refractivity contribution in [3.63, 3.8) is 0 Å². The van der Waals surface area contributed by atoms with E-state index in [0.29, 0.717) is 5.41 Å². The van der Waals surface area contributed by atoms with Gasteiger partial charge in [-0.15, -0.1) is 0 Å². The van der Waals surface area contributed by atoms with Gasteiger partial charge in [-0.25, -0.2) is 4.98 Å². The maximum absolute atomic E-state index is 10.7. The van der Waals surface area contributed by atoms with Crippen molar-refractivity contribution in [1.29, 1.82) is 0 Å². The van der Waals surface area contributed by atoms with Crippen LogP contribution in [-0.4, -0.2) is 23.0 Å². The molecule has 20 heavy (non-hydrogen) atoms. The van der Waals surface area contributed by atoms with Crippen molar-refractivity contribution in [2.75, 3.05) is 23.7 Å². The molecular weight excluding hydrogens is 256 g/mol. The zero-order valence-corrected chi connectivity index (χ0v) is 12.1. The lowest BCUT2D eigenvalue weighted by Gasteiger charge is -2.41. The monoisotopic (exact) mass is 278 g/mol. The molecule has 2 N–H and O–H groups in total. The van der Waals surface area contributed by atoms with Crippen molar-refractivity contribution in [3.05, 3.63) is 22.2 Å². The van der Waals surface area contributed by atoms with Crippen LogP contribution >= 0.6 is 0 Å². The minimum atomic E-state index is -0.499. The molecule has 1 fully saturated rings. The van der Waals surface area contributed by atoms with E-state index in [4.69, 9.17) is 5.73 Å². The summed E-state index contributed by atoms with van der Waals surface area (Å²) in [5.41, 5.74) is 5.98. The van der Waals surface area contributed by atoms with Crippen LogP contribution < -0.4 is 10.6 Å². The smallest absolute Gasteiger partial charge is 0.311 e. The largest absolute Gasteiger partial charge is 0.378 e. The second-order valence-corrected chi connectivity index (χ2v) is 5.53. The minimum Gasteiger partial charge on any atom is -0.378 e. The van der Waals surface area contributed by atoms with Crippen LogP contribution in [0.2, 0.25) is 0 Å². The molecule has 1 aliphatic heterocycles. The molecular formula is C14H22N4O2. The lowest BCUT2D eigenvalue weighted by molar-refractivity contribution is -0.384.